The van der Waals surface area contributed by atoms with Gasteiger partial charge in [0.25, 0.3) is 0 Å². The minimum absolute atomic E-state index is 0.185. The Kier molecular flexibility index (Phi) is 5.34. The van der Waals surface area contributed by atoms with Crippen LogP contribution in [0.4, 0.5) is 5.95 Å². The lowest BCUT2D eigenvalue weighted by molar-refractivity contribution is -0.131. The second-order valence-electron chi connectivity index (χ2n) is 6.28. The van der Waals surface area contributed by atoms with Gasteiger partial charge in [0.15, 0.2) is 0 Å². The number of thiazole rings is 1. The molecule has 0 saturated carbocycles. The van der Waals surface area contributed by atoms with Crippen LogP contribution in [0.25, 0.3) is 11.3 Å². The predicted octanol–water partition coefficient (Wildman–Crippen LogP) is 2.28. The van der Waals surface area contributed by atoms with Crippen LogP contribution in [-0.2, 0) is 11.2 Å². The molecule has 4 heterocycles. The quantitative estimate of drug-likeness (QED) is 0.676. The van der Waals surface area contributed by atoms with Crippen molar-refractivity contribution in [3.63, 3.8) is 0 Å². The number of hydrogen-bond donors (Lipinski definition) is 0. The monoisotopic (exact) mass is 380 g/mol. The van der Waals surface area contributed by atoms with E-state index in [9.17, 15) is 4.79 Å². The second-order valence-corrected chi connectivity index (χ2v) is 7.22. The van der Waals surface area contributed by atoms with Gasteiger partial charge in [0.2, 0.25) is 11.9 Å². The number of rotatable bonds is 5. The van der Waals surface area contributed by atoms with E-state index in [1.54, 1.807) is 36.1 Å². The first-order valence-corrected chi connectivity index (χ1v) is 9.82. The average Bonchev–Trinajstić information content (AvgIpc) is 3.22. The highest BCUT2D eigenvalue weighted by Gasteiger charge is 2.22. The van der Waals surface area contributed by atoms with Crippen LogP contribution in [0.5, 0.6) is 0 Å². The molecule has 8 heteroatoms. The van der Waals surface area contributed by atoms with Gasteiger partial charge in [-0.2, -0.15) is 0 Å². The van der Waals surface area contributed by atoms with Gasteiger partial charge < -0.3 is 9.80 Å². The van der Waals surface area contributed by atoms with E-state index < -0.39 is 0 Å². The molecule has 1 saturated heterocycles. The van der Waals surface area contributed by atoms with Gasteiger partial charge in [-0.3, -0.25) is 9.78 Å². The summed E-state index contributed by atoms with van der Waals surface area (Å²) in [6, 6.07) is 5.70. The second kappa shape index (κ2) is 8.22. The van der Waals surface area contributed by atoms with Crippen LogP contribution in [-0.4, -0.2) is 56.9 Å². The number of carbonyl (C=O) groups is 1. The van der Waals surface area contributed by atoms with Gasteiger partial charge in [0.1, 0.15) is 0 Å². The predicted molar refractivity (Wildman–Crippen MR) is 104 cm³/mol. The summed E-state index contributed by atoms with van der Waals surface area (Å²) in [7, 11) is 0. The van der Waals surface area contributed by atoms with Crippen LogP contribution in [0.2, 0.25) is 0 Å². The van der Waals surface area contributed by atoms with E-state index in [-0.39, 0.29) is 5.91 Å². The van der Waals surface area contributed by atoms with Crippen LogP contribution in [0, 0.1) is 0 Å². The van der Waals surface area contributed by atoms with Crippen molar-refractivity contribution in [2.75, 3.05) is 31.1 Å². The highest BCUT2D eigenvalue weighted by atomic mass is 32.1. The average molecular weight is 380 g/mol. The maximum atomic E-state index is 12.5. The van der Waals surface area contributed by atoms with Crippen LogP contribution >= 0.6 is 11.3 Å². The number of amides is 1. The summed E-state index contributed by atoms with van der Waals surface area (Å²) in [5.41, 5.74) is 2.00. The summed E-state index contributed by atoms with van der Waals surface area (Å²) in [4.78, 5) is 33.8. The molecule has 0 aliphatic carbocycles. The molecule has 0 N–H and O–H groups in total. The van der Waals surface area contributed by atoms with E-state index in [1.807, 2.05) is 28.5 Å². The van der Waals surface area contributed by atoms with E-state index in [1.165, 1.54) is 0 Å². The normalized spacial score (nSPS) is 14.4. The Morgan fingerprint density at radius 2 is 1.78 bits per heavy atom. The van der Waals surface area contributed by atoms with Crippen molar-refractivity contribution in [1.29, 1.82) is 0 Å². The van der Waals surface area contributed by atoms with Gasteiger partial charge in [-0.15, -0.1) is 11.3 Å². The third kappa shape index (κ3) is 4.28. The molecule has 3 aromatic heterocycles. The lowest BCUT2D eigenvalue weighted by atomic mass is 10.2. The van der Waals surface area contributed by atoms with E-state index in [0.29, 0.717) is 25.9 Å². The maximum absolute atomic E-state index is 12.5. The summed E-state index contributed by atoms with van der Waals surface area (Å²) in [6.07, 6.45) is 8.18. The lowest BCUT2D eigenvalue weighted by Gasteiger charge is -2.34. The van der Waals surface area contributed by atoms with Gasteiger partial charge in [0, 0.05) is 74.8 Å². The molecule has 0 bridgehead atoms. The zero-order valence-electron chi connectivity index (χ0n) is 14.9. The zero-order chi connectivity index (χ0) is 18.5. The smallest absolute Gasteiger partial charge is 0.225 e. The highest BCUT2D eigenvalue weighted by molar-refractivity contribution is 7.09. The number of aryl methyl sites for hydroxylation is 1. The Morgan fingerprint density at radius 1 is 1.04 bits per heavy atom. The molecular formula is C19H20N6OS. The maximum Gasteiger partial charge on any atom is 0.225 e. The molecule has 27 heavy (non-hydrogen) atoms. The van der Waals surface area contributed by atoms with Crippen LogP contribution in [0.1, 0.15) is 11.4 Å². The molecule has 0 unspecified atom stereocenters. The first-order chi connectivity index (χ1) is 13.3. The van der Waals surface area contributed by atoms with Crippen LogP contribution in [0.15, 0.2) is 48.4 Å². The van der Waals surface area contributed by atoms with Gasteiger partial charge >= 0.3 is 0 Å². The Balaban J connectivity index is 1.27. The third-order valence-electron chi connectivity index (χ3n) is 4.55. The minimum atomic E-state index is 0.185. The third-order valence-corrected chi connectivity index (χ3v) is 5.46. The largest absolute Gasteiger partial charge is 0.339 e. The highest BCUT2D eigenvalue weighted by Crippen LogP contribution is 2.22. The lowest BCUT2D eigenvalue weighted by Crippen LogP contribution is -2.49. The summed E-state index contributed by atoms with van der Waals surface area (Å²) in [5, 5.41) is 3.03. The van der Waals surface area contributed by atoms with E-state index in [2.05, 4.69) is 24.8 Å². The van der Waals surface area contributed by atoms with Crippen molar-refractivity contribution >= 4 is 23.2 Å². The van der Waals surface area contributed by atoms with Crippen molar-refractivity contribution in [3.8, 4) is 11.3 Å². The number of piperazine rings is 1. The number of pyridine rings is 1. The topological polar surface area (TPSA) is 75.1 Å². The summed E-state index contributed by atoms with van der Waals surface area (Å²) in [5.74, 6) is 0.917. The van der Waals surface area contributed by atoms with Crippen molar-refractivity contribution < 1.29 is 4.79 Å². The summed E-state index contributed by atoms with van der Waals surface area (Å²) >= 11 is 1.60. The fourth-order valence-corrected chi connectivity index (χ4v) is 3.87. The Bertz CT molecular complexity index is 877. The fraction of sp³-hybridized carbons (Fsp3) is 0.316. The molecule has 1 aliphatic heterocycles. The molecule has 0 aromatic carbocycles. The van der Waals surface area contributed by atoms with Gasteiger partial charge in [0.05, 0.1) is 10.7 Å². The molecule has 1 aliphatic rings. The molecule has 3 aromatic rings. The van der Waals surface area contributed by atoms with Crippen molar-refractivity contribution in [3.05, 3.63) is 53.4 Å². The molecule has 1 amide bonds. The van der Waals surface area contributed by atoms with Crippen LogP contribution < -0.4 is 4.90 Å². The first-order valence-electron chi connectivity index (χ1n) is 8.94. The molecule has 7 nitrogen and oxygen atoms in total. The van der Waals surface area contributed by atoms with E-state index in [4.69, 9.17) is 0 Å². The Morgan fingerprint density at radius 3 is 2.52 bits per heavy atom. The van der Waals surface area contributed by atoms with Gasteiger partial charge in [-0.1, -0.05) is 0 Å². The van der Waals surface area contributed by atoms with Crippen molar-refractivity contribution in [2.45, 2.75) is 12.8 Å². The fourth-order valence-electron chi connectivity index (χ4n) is 3.06. The number of anilines is 1. The summed E-state index contributed by atoms with van der Waals surface area (Å²) < 4.78 is 0. The van der Waals surface area contributed by atoms with Gasteiger partial charge in [-0.05, 0) is 18.2 Å². The molecule has 0 atom stereocenters. The standard InChI is InChI=1S/C19H20N6OS/c26-18(24-10-12-25(13-11-24)19-21-6-1-7-22-19)3-2-17-23-16(14-27-17)15-4-8-20-9-5-15/h1,4-9,14H,2-3,10-13H2. The number of carbonyl (C=O) groups excluding carboxylic acids is 1. The zero-order valence-corrected chi connectivity index (χ0v) is 15.7. The number of aromatic nitrogens is 4. The Labute approximate surface area is 161 Å². The van der Waals surface area contributed by atoms with Crippen molar-refractivity contribution in [2.24, 2.45) is 0 Å². The van der Waals surface area contributed by atoms with Crippen LogP contribution in [0.3, 0.4) is 0 Å². The summed E-state index contributed by atoms with van der Waals surface area (Å²) in [6.45, 7) is 2.94. The number of hydrogen-bond acceptors (Lipinski definition) is 7. The first kappa shape index (κ1) is 17.5. The van der Waals surface area contributed by atoms with Gasteiger partial charge in [-0.25, -0.2) is 15.0 Å². The SMILES string of the molecule is O=C(CCc1nc(-c2ccncc2)cs1)N1CCN(c2ncccn2)CC1. The molecule has 0 radical (unpaired) electrons. The molecular weight excluding hydrogens is 360 g/mol. The molecule has 4 rings (SSSR count). The number of nitrogens with zero attached hydrogens (tertiary/aromatic N) is 6. The van der Waals surface area contributed by atoms with Crippen molar-refractivity contribution in [1.82, 2.24) is 24.8 Å². The van der Waals surface area contributed by atoms with E-state index in [0.717, 1.165) is 35.3 Å². The molecule has 0 spiro atoms. The molecule has 1 fully saturated rings. The minimum Gasteiger partial charge on any atom is -0.339 e. The Hall–Kier alpha value is -2.87. The molecule has 138 valence electrons. The van der Waals surface area contributed by atoms with E-state index >= 15 is 0 Å².